The summed E-state index contributed by atoms with van der Waals surface area (Å²) >= 11 is 0. The van der Waals surface area contributed by atoms with Crippen LogP contribution in [0.2, 0.25) is 0 Å². The van der Waals surface area contributed by atoms with E-state index in [-0.39, 0.29) is 23.5 Å². The van der Waals surface area contributed by atoms with E-state index in [1.807, 2.05) is 44.2 Å². The molecule has 1 aromatic rings. The van der Waals surface area contributed by atoms with Crippen LogP contribution in [-0.4, -0.2) is 41.9 Å². The second-order valence-electron chi connectivity index (χ2n) is 9.32. The Kier molecular flexibility index (Phi) is 8.59. The number of hydrogen-bond acceptors (Lipinski definition) is 4. The molecule has 3 atom stereocenters. The maximum atomic E-state index is 13.1. The Morgan fingerprint density at radius 3 is 2.17 bits per heavy atom. The second-order valence-corrected chi connectivity index (χ2v) is 9.32. The van der Waals surface area contributed by atoms with E-state index < -0.39 is 17.7 Å². The number of carbonyl (C=O) groups excluding carboxylic acids is 3. The molecule has 1 saturated heterocycles. The van der Waals surface area contributed by atoms with Gasteiger partial charge in [-0.2, -0.15) is 0 Å². The van der Waals surface area contributed by atoms with Crippen LogP contribution in [0.3, 0.4) is 0 Å². The Morgan fingerprint density at radius 2 is 1.63 bits per heavy atom. The third kappa shape index (κ3) is 7.56. The summed E-state index contributed by atoms with van der Waals surface area (Å²) in [6.07, 6.45) is 2.03. The summed E-state index contributed by atoms with van der Waals surface area (Å²) in [5.41, 5.74) is 0.147. The number of Topliss-reactive ketones (excluding diaryl/α,β-unsaturated/α-hetero) is 1. The quantitative estimate of drug-likeness (QED) is 0.513. The van der Waals surface area contributed by atoms with Crippen LogP contribution in [0.1, 0.15) is 59.4 Å². The van der Waals surface area contributed by atoms with Crippen LogP contribution in [0.4, 0.5) is 0 Å². The normalized spacial score (nSPS) is 20.0. The number of amides is 2. The molecule has 0 spiro atoms. The van der Waals surface area contributed by atoms with Crippen LogP contribution in [0, 0.1) is 11.8 Å². The van der Waals surface area contributed by atoms with Crippen LogP contribution in [-0.2, 0) is 25.5 Å². The van der Waals surface area contributed by atoms with Gasteiger partial charge < -0.3 is 15.4 Å². The molecule has 1 aliphatic rings. The third-order valence-electron chi connectivity index (χ3n) is 5.32. The minimum Gasteiger partial charge on any atom is -0.361 e. The SMILES string of the molecule is CC(C)CCC(=O)N[C@@H](Cc1ccccc1)C(=O)N[C@@H](CC(C)C)C(=O)C1(C)CO1. The highest BCUT2D eigenvalue weighted by molar-refractivity contribution is 5.97. The van der Waals surface area contributed by atoms with Crippen molar-refractivity contribution in [3.63, 3.8) is 0 Å². The van der Waals surface area contributed by atoms with E-state index >= 15 is 0 Å². The van der Waals surface area contributed by atoms with E-state index in [0.717, 1.165) is 12.0 Å². The molecule has 6 nitrogen and oxygen atoms in total. The molecular formula is C24H36N2O4. The van der Waals surface area contributed by atoms with Gasteiger partial charge in [0.1, 0.15) is 11.6 Å². The van der Waals surface area contributed by atoms with Crippen molar-refractivity contribution in [3.05, 3.63) is 35.9 Å². The van der Waals surface area contributed by atoms with E-state index in [1.54, 1.807) is 6.92 Å². The van der Waals surface area contributed by atoms with Crippen LogP contribution in [0.25, 0.3) is 0 Å². The summed E-state index contributed by atoms with van der Waals surface area (Å²) in [4.78, 5) is 38.4. The molecule has 2 amide bonds. The van der Waals surface area contributed by atoms with Crippen LogP contribution in [0.15, 0.2) is 30.3 Å². The topological polar surface area (TPSA) is 87.8 Å². The van der Waals surface area contributed by atoms with Gasteiger partial charge in [-0.25, -0.2) is 0 Å². The van der Waals surface area contributed by atoms with Crippen LogP contribution < -0.4 is 10.6 Å². The molecule has 6 heteroatoms. The first-order valence-electron chi connectivity index (χ1n) is 10.9. The molecular weight excluding hydrogens is 380 g/mol. The lowest BCUT2D eigenvalue weighted by Crippen LogP contribution is -2.54. The number of carbonyl (C=O) groups is 3. The Hall–Kier alpha value is -2.21. The van der Waals surface area contributed by atoms with E-state index in [1.165, 1.54) is 0 Å². The number of rotatable bonds is 12. The third-order valence-corrected chi connectivity index (χ3v) is 5.32. The van der Waals surface area contributed by atoms with Crippen molar-refractivity contribution in [2.75, 3.05) is 6.61 Å². The number of ketones is 1. The van der Waals surface area contributed by atoms with E-state index in [4.69, 9.17) is 4.74 Å². The lowest BCUT2D eigenvalue weighted by molar-refractivity contribution is -0.133. The van der Waals surface area contributed by atoms with Crippen molar-refractivity contribution in [3.8, 4) is 0 Å². The summed E-state index contributed by atoms with van der Waals surface area (Å²) in [5, 5.41) is 5.78. The summed E-state index contributed by atoms with van der Waals surface area (Å²) in [5.74, 6) is 0.0532. The fraction of sp³-hybridized carbons (Fsp3) is 0.625. The Morgan fingerprint density at radius 1 is 1.00 bits per heavy atom. The smallest absolute Gasteiger partial charge is 0.243 e. The molecule has 0 saturated carbocycles. The van der Waals surface area contributed by atoms with Gasteiger partial charge in [0.05, 0.1) is 12.6 Å². The van der Waals surface area contributed by atoms with Gasteiger partial charge in [0.25, 0.3) is 0 Å². The average Bonchev–Trinajstić information content (AvgIpc) is 3.43. The summed E-state index contributed by atoms with van der Waals surface area (Å²) < 4.78 is 5.31. The Labute approximate surface area is 180 Å². The lowest BCUT2D eigenvalue weighted by Gasteiger charge is -2.25. The van der Waals surface area contributed by atoms with Crippen LogP contribution in [0.5, 0.6) is 0 Å². The van der Waals surface area contributed by atoms with Crippen LogP contribution >= 0.6 is 0 Å². The van der Waals surface area contributed by atoms with Crippen molar-refractivity contribution in [1.82, 2.24) is 10.6 Å². The van der Waals surface area contributed by atoms with Gasteiger partial charge in [0.2, 0.25) is 11.8 Å². The molecule has 30 heavy (non-hydrogen) atoms. The zero-order valence-corrected chi connectivity index (χ0v) is 18.9. The fourth-order valence-electron chi connectivity index (χ4n) is 3.34. The molecule has 0 aromatic heterocycles. The maximum Gasteiger partial charge on any atom is 0.243 e. The zero-order valence-electron chi connectivity index (χ0n) is 18.9. The Bertz CT molecular complexity index is 726. The van der Waals surface area contributed by atoms with Gasteiger partial charge in [-0.15, -0.1) is 0 Å². The van der Waals surface area contributed by atoms with Crippen molar-refractivity contribution in [2.24, 2.45) is 11.8 Å². The molecule has 0 bridgehead atoms. The van der Waals surface area contributed by atoms with Gasteiger partial charge in [-0.05, 0) is 37.2 Å². The molecule has 2 N–H and O–H groups in total. The Balaban J connectivity index is 2.12. The fourth-order valence-corrected chi connectivity index (χ4v) is 3.34. The molecule has 1 unspecified atom stereocenters. The molecule has 1 aliphatic heterocycles. The number of ether oxygens (including phenoxy) is 1. The predicted molar refractivity (Wildman–Crippen MR) is 117 cm³/mol. The highest BCUT2D eigenvalue weighted by atomic mass is 16.6. The van der Waals surface area contributed by atoms with E-state index in [2.05, 4.69) is 24.5 Å². The summed E-state index contributed by atoms with van der Waals surface area (Å²) in [6, 6.07) is 8.21. The maximum absolute atomic E-state index is 13.1. The average molecular weight is 417 g/mol. The van der Waals surface area contributed by atoms with Crippen molar-refractivity contribution in [1.29, 1.82) is 0 Å². The number of epoxide rings is 1. The molecule has 0 radical (unpaired) electrons. The molecule has 166 valence electrons. The summed E-state index contributed by atoms with van der Waals surface area (Å²) in [7, 11) is 0. The first-order valence-corrected chi connectivity index (χ1v) is 10.9. The highest BCUT2D eigenvalue weighted by Gasteiger charge is 2.50. The molecule has 2 rings (SSSR count). The molecule has 1 aromatic carbocycles. The van der Waals surface area contributed by atoms with Crippen molar-refractivity contribution < 1.29 is 19.1 Å². The predicted octanol–water partition coefficient (Wildman–Crippen LogP) is 3.04. The number of nitrogens with one attached hydrogen (secondary N) is 2. The van der Waals surface area contributed by atoms with Gasteiger partial charge in [0.15, 0.2) is 5.78 Å². The monoisotopic (exact) mass is 416 g/mol. The first-order chi connectivity index (χ1) is 14.1. The number of benzene rings is 1. The molecule has 1 heterocycles. The lowest BCUT2D eigenvalue weighted by atomic mass is 9.93. The summed E-state index contributed by atoms with van der Waals surface area (Å²) in [6.45, 7) is 10.3. The van der Waals surface area contributed by atoms with Gasteiger partial charge >= 0.3 is 0 Å². The molecule has 0 aliphatic carbocycles. The van der Waals surface area contributed by atoms with Crippen molar-refractivity contribution >= 4 is 17.6 Å². The van der Waals surface area contributed by atoms with E-state index in [9.17, 15) is 14.4 Å². The second kappa shape index (κ2) is 10.7. The first kappa shape index (κ1) is 24.1. The van der Waals surface area contributed by atoms with Gasteiger partial charge in [-0.3, -0.25) is 14.4 Å². The van der Waals surface area contributed by atoms with Crippen molar-refractivity contribution in [2.45, 2.75) is 78.0 Å². The van der Waals surface area contributed by atoms with Gasteiger partial charge in [0, 0.05) is 12.8 Å². The minimum absolute atomic E-state index is 0.103. The molecule has 1 fully saturated rings. The minimum atomic E-state index is -0.803. The van der Waals surface area contributed by atoms with Gasteiger partial charge in [-0.1, -0.05) is 58.0 Å². The number of hydrogen-bond donors (Lipinski definition) is 2. The van der Waals surface area contributed by atoms with E-state index in [0.29, 0.717) is 31.8 Å². The largest absolute Gasteiger partial charge is 0.361 e. The highest BCUT2D eigenvalue weighted by Crippen LogP contribution is 2.29. The standard InChI is InChI=1S/C24H36N2O4/c1-16(2)11-12-21(27)25-20(14-18-9-7-6-8-10-18)23(29)26-19(13-17(3)4)22(28)24(5)15-30-24/h6-10,16-17,19-20H,11-15H2,1-5H3,(H,25,27)(H,26,29)/t19-,20-,24?/m0/s1. The zero-order chi connectivity index (χ0) is 22.3.